The molecule has 0 saturated heterocycles. The number of benzene rings is 3. The zero-order valence-electron chi connectivity index (χ0n) is 16.8. The number of aromatic amines is 1. The molecule has 152 valence electrons. The van der Waals surface area contributed by atoms with Crippen molar-refractivity contribution in [2.45, 2.75) is 6.42 Å². The van der Waals surface area contributed by atoms with E-state index in [0.717, 1.165) is 17.5 Å². The lowest BCUT2D eigenvalue weighted by Gasteiger charge is -2.08. The summed E-state index contributed by atoms with van der Waals surface area (Å²) in [5.74, 6) is 0.960. The van der Waals surface area contributed by atoms with Gasteiger partial charge >= 0.3 is 0 Å². The van der Waals surface area contributed by atoms with Crippen molar-refractivity contribution in [3.05, 3.63) is 102 Å². The van der Waals surface area contributed by atoms with E-state index in [9.17, 15) is 4.79 Å². The van der Waals surface area contributed by atoms with E-state index in [1.807, 2.05) is 72.9 Å². The van der Waals surface area contributed by atoms with Crippen molar-refractivity contribution >= 4 is 16.8 Å². The van der Waals surface area contributed by atoms with Crippen LogP contribution >= 0.6 is 0 Å². The minimum Gasteiger partial charge on any atom is -0.436 e. The smallest absolute Gasteiger partial charge is 0.252 e. The summed E-state index contributed by atoms with van der Waals surface area (Å²) in [4.78, 5) is 20.6. The Morgan fingerprint density at radius 1 is 0.935 bits per heavy atom. The molecule has 0 saturated carbocycles. The minimum absolute atomic E-state index is 0.144. The molecule has 2 heterocycles. The van der Waals surface area contributed by atoms with E-state index in [4.69, 9.17) is 4.42 Å². The average molecular weight is 407 g/mol. The Morgan fingerprint density at radius 2 is 1.71 bits per heavy atom. The van der Waals surface area contributed by atoms with Gasteiger partial charge in [0.1, 0.15) is 0 Å². The molecule has 0 atom stereocenters. The normalized spacial score (nSPS) is 11.0. The number of H-pyrrole nitrogens is 1. The van der Waals surface area contributed by atoms with Gasteiger partial charge in [-0.05, 0) is 30.2 Å². The summed E-state index contributed by atoms with van der Waals surface area (Å²) in [5.41, 5.74) is 4.45. The second kappa shape index (κ2) is 8.32. The van der Waals surface area contributed by atoms with Crippen molar-refractivity contribution in [1.82, 2.24) is 15.3 Å². The predicted octanol–water partition coefficient (Wildman–Crippen LogP) is 5.46. The molecule has 0 aliphatic heterocycles. The molecule has 0 aliphatic rings. The van der Waals surface area contributed by atoms with E-state index >= 15 is 0 Å². The Morgan fingerprint density at radius 3 is 2.61 bits per heavy atom. The van der Waals surface area contributed by atoms with Gasteiger partial charge in [-0.15, -0.1) is 0 Å². The van der Waals surface area contributed by atoms with Crippen molar-refractivity contribution < 1.29 is 9.21 Å². The number of hydrogen-bond acceptors (Lipinski definition) is 3. The molecule has 1 amide bonds. The van der Waals surface area contributed by atoms with Gasteiger partial charge in [0.25, 0.3) is 5.91 Å². The number of amides is 1. The fraction of sp³-hybridized carbons (Fsp3) is 0.0769. The number of para-hydroxylation sites is 1. The highest BCUT2D eigenvalue weighted by molar-refractivity contribution is 6.00. The van der Waals surface area contributed by atoms with Gasteiger partial charge in [0.2, 0.25) is 5.89 Å². The van der Waals surface area contributed by atoms with Crippen molar-refractivity contribution in [2.75, 3.05) is 6.54 Å². The number of nitrogens with one attached hydrogen (secondary N) is 2. The van der Waals surface area contributed by atoms with Crippen LogP contribution in [0.25, 0.3) is 33.7 Å². The summed E-state index contributed by atoms with van der Waals surface area (Å²) in [6.45, 7) is 0.538. The number of carbonyl (C=O) groups is 1. The average Bonchev–Trinajstić information content (AvgIpc) is 3.48. The molecule has 3 aromatic carbocycles. The Balaban J connectivity index is 1.32. The lowest BCUT2D eigenvalue weighted by Crippen LogP contribution is -2.26. The SMILES string of the molecule is O=C(NCCc1c[nH]c2ccccc12)c1ccccc1-c1ncc(-c2ccccc2)o1. The Labute approximate surface area is 179 Å². The minimum atomic E-state index is -0.144. The number of fused-ring (bicyclic) bond motifs is 1. The summed E-state index contributed by atoms with van der Waals surface area (Å²) in [5, 5.41) is 4.21. The summed E-state index contributed by atoms with van der Waals surface area (Å²) in [6, 6.07) is 25.3. The van der Waals surface area contributed by atoms with Gasteiger partial charge in [0, 0.05) is 34.8 Å². The predicted molar refractivity (Wildman–Crippen MR) is 122 cm³/mol. The largest absolute Gasteiger partial charge is 0.436 e. The zero-order valence-corrected chi connectivity index (χ0v) is 16.8. The topological polar surface area (TPSA) is 70.9 Å². The van der Waals surface area contributed by atoms with Crippen molar-refractivity contribution in [1.29, 1.82) is 0 Å². The summed E-state index contributed by atoms with van der Waals surface area (Å²) in [6.07, 6.45) is 4.44. The van der Waals surface area contributed by atoms with E-state index in [0.29, 0.717) is 29.3 Å². The Bertz CT molecular complexity index is 1340. The summed E-state index contributed by atoms with van der Waals surface area (Å²) < 4.78 is 5.96. The molecule has 31 heavy (non-hydrogen) atoms. The van der Waals surface area contributed by atoms with E-state index < -0.39 is 0 Å². The first-order valence-electron chi connectivity index (χ1n) is 10.2. The van der Waals surface area contributed by atoms with E-state index in [1.54, 1.807) is 12.3 Å². The number of rotatable bonds is 6. The maximum atomic E-state index is 12.9. The van der Waals surface area contributed by atoms with Crippen LogP contribution in [0.3, 0.4) is 0 Å². The van der Waals surface area contributed by atoms with Crippen LogP contribution in [-0.2, 0) is 6.42 Å². The molecule has 0 unspecified atom stereocenters. The van der Waals surface area contributed by atoms with E-state index in [2.05, 4.69) is 21.4 Å². The number of hydrogen-bond donors (Lipinski definition) is 2. The third-order valence-corrected chi connectivity index (χ3v) is 5.32. The molecular formula is C26H21N3O2. The van der Waals surface area contributed by atoms with Gasteiger partial charge in [-0.3, -0.25) is 4.79 Å². The quantitative estimate of drug-likeness (QED) is 0.392. The van der Waals surface area contributed by atoms with Crippen LogP contribution < -0.4 is 5.32 Å². The lowest BCUT2D eigenvalue weighted by atomic mass is 10.1. The van der Waals surface area contributed by atoms with Gasteiger partial charge in [0.05, 0.1) is 11.8 Å². The Kier molecular flexibility index (Phi) is 5.07. The van der Waals surface area contributed by atoms with Crippen molar-refractivity contribution in [3.8, 4) is 22.8 Å². The number of carbonyl (C=O) groups excluding carboxylic acids is 1. The van der Waals surface area contributed by atoms with Crippen LogP contribution in [-0.4, -0.2) is 22.4 Å². The maximum absolute atomic E-state index is 12.9. The molecule has 5 aromatic rings. The van der Waals surface area contributed by atoms with Crippen LogP contribution in [0, 0.1) is 0 Å². The van der Waals surface area contributed by atoms with Crippen LogP contribution in [0.1, 0.15) is 15.9 Å². The first-order valence-corrected chi connectivity index (χ1v) is 10.2. The molecule has 0 spiro atoms. The molecule has 2 N–H and O–H groups in total. The second-order valence-electron chi connectivity index (χ2n) is 7.31. The fourth-order valence-electron chi connectivity index (χ4n) is 3.75. The summed E-state index contributed by atoms with van der Waals surface area (Å²) >= 11 is 0. The highest BCUT2D eigenvalue weighted by Crippen LogP contribution is 2.28. The molecule has 0 aliphatic carbocycles. The van der Waals surface area contributed by atoms with Gasteiger partial charge in [-0.2, -0.15) is 0 Å². The monoisotopic (exact) mass is 407 g/mol. The van der Waals surface area contributed by atoms with E-state index in [-0.39, 0.29) is 5.91 Å². The molecule has 2 aromatic heterocycles. The van der Waals surface area contributed by atoms with Crippen LogP contribution in [0.15, 0.2) is 95.7 Å². The third kappa shape index (κ3) is 3.85. The summed E-state index contributed by atoms with van der Waals surface area (Å²) in [7, 11) is 0. The highest BCUT2D eigenvalue weighted by atomic mass is 16.4. The number of nitrogens with zero attached hydrogens (tertiary/aromatic N) is 1. The van der Waals surface area contributed by atoms with Gasteiger partial charge in [-0.1, -0.05) is 60.7 Å². The van der Waals surface area contributed by atoms with Crippen LogP contribution in [0.5, 0.6) is 0 Å². The number of aromatic nitrogens is 2. The first-order chi connectivity index (χ1) is 15.3. The molecule has 5 nitrogen and oxygen atoms in total. The number of oxazole rings is 1. The van der Waals surface area contributed by atoms with Gasteiger partial charge < -0.3 is 14.7 Å². The molecule has 0 radical (unpaired) electrons. The van der Waals surface area contributed by atoms with Gasteiger partial charge in [0.15, 0.2) is 5.76 Å². The molecule has 0 fully saturated rings. The lowest BCUT2D eigenvalue weighted by molar-refractivity contribution is 0.0954. The Hall–Kier alpha value is -4.12. The molecule has 5 heteroatoms. The van der Waals surface area contributed by atoms with Gasteiger partial charge in [-0.25, -0.2) is 4.98 Å². The van der Waals surface area contributed by atoms with Crippen LogP contribution in [0.2, 0.25) is 0 Å². The zero-order chi connectivity index (χ0) is 21.0. The fourth-order valence-corrected chi connectivity index (χ4v) is 3.75. The van der Waals surface area contributed by atoms with Crippen molar-refractivity contribution in [2.24, 2.45) is 0 Å². The standard InChI is InChI=1S/C26H21N3O2/c30-25(27-15-14-19-16-28-23-13-7-6-10-20(19)23)21-11-4-5-12-22(21)26-29-17-24(31-26)18-8-2-1-3-9-18/h1-13,16-17,28H,14-15H2,(H,27,30). The highest BCUT2D eigenvalue weighted by Gasteiger charge is 2.17. The molecule has 0 bridgehead atoms. The van der Waals surface area contributed by atoms with Crippen molar-refractivity contribution in [3.63, 3.8) is 0 Å². The van der Waals surface area contributed by atoms with E-state index in [1.165, 1.54) is 10.9 Å². The van der Waals surface area contributed by atoms with Crippen LogP contribution in [0.4, 0.5) is 0 Å². The maximum Gasteiger partial charge on any atom is 0.252 e. The first kappa shape index (κ1) is 18.9. The third-order valence-electron chi connectivity index (χ3n) is 5.32. The molecular weight excluding hydrogens is 386 g/mol. The second-order valence-corrected chi connectivity index (χ2v) is 7.31. The molecule has 5 rings (SSSR count).